The van der Waals surface area contributed by atoms with Crippen molar-refractivity contribution < 1.29 is 4.79 Å². The zero-order valence-electron chi connectivity index (χ0n) is 8.12. The molecule has 1 aromatic rings. The van der Waals surface area contributed by atoms with Gasteiger partial charge in [0, 0.05) is 12.7 Å². The fraction of sp³-hybridized carbons (Fsp3) is 0.556. The van der Waals surface area contributed by atoms with Crippen molar-refractivity contribution in [2.24, 2.45) is 5.73 Å². The van der Waals surface area contributed by atoms with Crippen LogP contribution in [0.2, 0.25) is 0 Å². The molecule has 0 aliphatic rings. The van der Waals surface area contributed by atoms with Gasteiger partial charge in [0.1, 0.15) is 5.69 Å². The lowest BCUT2D eigenvalue weighted by molar-refractivity contribution is 0.0948. The maximum Gasteiger partial charge on any atom is 0.269 e. The molecule has 0 saturated heterocycles. The zero-order chi connectivity index (χ0) is 10.2. The SMILES string of the molecule is NCCCCCNC(=O)c1ccn[nH]1. The van der Waals surface area contributed by atoms with Gasteiger partial charge in [0.05, 0.1) is 0 Å². The number of amides is 1. The Morgan fingerprint density at radius 2 is 2.36 bits per heavy atom. The first-order chi connectivity index (χ1) is 6.84. The third kappa shape index (κ3) is 3.57. The van der Waals surface area contributed by atoms with Crippen molar-refractivity contribution in [3.8, 4) is 0 Å². The van der Waals surface area contributed by atoms with E-state index in [2.05, 4.69) is 15.5 Å². The Bertz CT molecular complexity index is 258. The van der Waals surface area contributed by atoms with Gasteiger partial charge in [-0.2, -0.15) is 5.10 Å². The highest BCUT2D eigenvalue weighted by Gasteiger charge is 2.04. The van der Waals surface area contributed by atoms with Crippen molar-refractivity contribution in [1.29, 1.82) is 0 Å². The van der Waals surface area contributed by atoms with E-state index in [-0.39, 0.29) is 5.91 Å². The van der Waals surface area contributed by atoms with Crippen LogP contribution in [0.5, 0.6) is 0 Å². The first-order valence-corrected chi connectivity index (χ1v) is 4.82. The summed E-state index contributed by atoms with van der Waals surface area (Å²) in [6.45, 7) is 1.41. The van der Waals surface area contributed by atoms with E-state index in [0.717, 1.165) is 19.3 Å². The number of hydrogen-bond donors (Lipinski definition) is 3. The Labute approximate surface area is 83.1 Å². The topological polar surface area (TPSA) is 83.8 Å². The van der Waals surface area contributed by atoms with E-state index < -0.39 is 0 Å². The predicted octanol–water partition coefficient (Wildman–Crippen LogP) is 0.268. The first kappa shape index (κ1) is 10.7. The summed E-state index contributed by atoms with van der Waals surface area (Å²) in [7, 11) is 0. The van der Waals surface area contributed by atoms with Crippen LogP contribution in [0.3, 0.4) is 0 Å². The molecule has 14 heavy (non-hydrogen) atoms. The first-order valence-electron chi connectivity index (χ1n) is 4.82. The van der Waals surface area contributed by atoms with Gasteiger partial charge in [0.15, 0.2) is 0 Å². The molecule has 0 fully saturated rings. The summed E-state index contributed by atoms with van der Waals surface area (Å²) in [6, 6.07) is 1.65. The van der Waals surface area contributed by atoms with Gasteiger partial charge in [-0.15, -0.1) is 0 Å². The van der Waals surface area contributed by atoms with Gasteiger partial charge in [-0.25, -0.2) is 0 Å². The van der Waals surface area contributed by atoms with Gasteiger partial charge in [0.25, 0.3) is 5.91 Å². The molecule has 1 heterocycles. The Morgan fingerprint density at radius 1 is 1.50 bits per heavy atom. The molecule has 5 nitrogen and oxygen atoms in total. The summed E-state index contributed by atoms with van der Waals surface area (Å²) in [6.07, 6.45) is 4.60. The highest BCUT2D eigenvalue weighted by Crippen LogP contribution is 1.94. The maximum atomic E-state index is 11.3. The van der Waals surface area contributed by atoms with E-state index >= 15 is 0 Å². The highest BCUT2D eigenvalue weighted by molar-refractivity contribution is 5.91. The van der Waals surface area contributed by atoms with Crippen LogP contribution in [-0.2, 0) is 0 Å². The molecule has 0 saturated carbocycles. The second-order valence-corrected chi connectivity index (χ2v) is 3.08. The van der Waals surface area contributed by atoms with Crippen LogP contribution < -0.4 is 11.1 Å². The molecule has 5 heteroatoms. The van der Waals surface area contributed by atoms with Gasteiger partial charge in [-0.3, -0.25) is 9.89 Å². The molecule has 78 valence electrons. The lowest BCUT2D eigenvalue weighted by Crippen LogP contribution is -2.24. The molecule has 0 aliphatic carbocycles. The molecule has 0 bridgehead atoms. The van der Waals surface area contributed by atoms with E-state index in [9.17, 15) is 4.79 Å². The number of aromatic nitrogens is 2. The molecule has 0 atom stereocenters. The largest absolute Gasteiger partial charge is 0.351 e. The number of unbranched alkanes of at least 4 members (excludes halogenated alkanes) is 2. The second-order valence-electron chi connectivity index (χ2n) is 3.08. The zero-order valence-corrected chi connectivity index (χ0v) is 8.12. The van der Waals surface area contributed by atoms with Crippen LogP contribution in [0.4, 0.5) is 0 Å². The molecule has 1 aromatic heterocycles. The van der Waals surface area contributed by atoms with E-state index in [0.29, 0.717) is 18.8 Å². The summed E-state index contributed by atoms with van der Waals surface area (Å²) >= 11 is 0. The number of rotatable bonds is 6. The maximum absolute atomic E-state index is 11.3. The fourth-order valence-electron chi connectivity index (χ4n) is 1.13. The van der Waals surface area contributed by atoms with Crippen molar-refractivity contribution in [3.05, 3.63) is 18.0 Å². The van der Waals surface area contributed by atoms with Crippen molar-refractivity contribution in [3.63, 3.8) is 0 Å². The normalized spacial score (nSPS) is 10.1. The van der Waals surface area contributed by atoms with Crippen LogP contribution in [0.15, 0.2) is 12.3 Å². The molecule has 0 radical (unpaired) electrons. The van der Waals surface area contributed by atoms with Crippen LogP contribution >= 0.6 is 0 Å². The summed E-state index contributed by atoms with van der Waals surface area (Å²) in [5.41, 5.74) is 5.85. The van der Waals surface area contributed by atoms with Gasteiger partial charge in [-0.05, 0) is 25.5 Å². The molecular formula is C9H16N4O. The average Bonchev–Trinajstić information content (AvgIpc) is 2.70. The average molecular weight is 196 g/mol. The molecule has 0 unspecified atom stereocenters. The van der Waals surface area contributed by atoms with Crippen molar-refractivity contribution in [2.75, 3.05) is 13.1 Å². The van der Waals surface area contributed by atoms with E-state index in [1.807, 2.05) is 0 Å². The minimum absolute atomic E-state index is 0.102. The van der Waals surface area contributed by atoms with Crippen LogP contribution in [0.1, 0.15) is 29.8 Å². The summed E-state index contributed by atoms with van der Waals surface area (Å²) < 4.78 is 0. The van der Waals surface area contributed by atoms with Gasteiger partial charge < -0.3 is 11.1 Å². The van der Waals surface area contributed by atoms with E-state index in [4.69, 9.17) is 5.73 Å². The number of aromatic amines is 1. The Balaban J connectivity index is 2.10. The number of carbonyl (C=O) groups is 1. The van der Waals surface area contributed by atoms with Crippen LogP contribution in [0, 0.1) is 0 Å². The van der Waals surface area contributed by atoms with Gasteiger partial charge >= 0.3 is 0 Å². The number of H-pyrrole nitrogens is 1. The third-order valence-electron chi connectivity index (χ3n) is 1.91. The van der Waals surface area contributed by atoms with Gasteiger partial charge in [-0.1, -0.05) is 6.42 Å². The Hall–Kier alpha value is -1.36. The highest BCUT2D eigenvalue weighted by atomic mass is 16.1. The fourth-order valence-corrected chi connectivity index (χ4v) is 1.13. The minimum Gasteiger partial charge on any atom is -0.351 e. The molecule has 4 N–H and O–H groups in total. The monoisotopic (exact) mass is 196 g/mol. The quantitative estimate of drug-likeness (QED) is 0.571. The summed E-state index contributed by atoms with van der Waals surface area (Å²) in [5, 5.41) is 9.10. The lowest BCUT2D eigenvalue weighted by Gasteiger charge is -2.02. The van der Waals surface area contributed by atoms with E-state index in [1.54, 1.807) is 12.3 Å². The molecule has 0 spiro atoms. The van der Waals surface area contributed by atoms with Crippen LogP contribution in [-0.4, -0.2) is 29.2 Å². The standard InChI is InChI=1S/C9H16N4O/c10-5-2-1-3-6-11-9(14)8-4-7-12-13-8/h4,7H,1-3,5-6,10H2,(H,11,14)(H,12,13). The predicted molar refractivity (Wildman–Crippen MR) is 53.8 cm³/mol. The Morgan fingerprint density at radius 3 is 3.00 bits per heavy atom. The number of nitrogens with zero attached hydrogens (tertiary/aromatic N) is 1. The Kier molecular flexibility index (Phi) is 4.71. The third-order valence-corrected chi connectivity index (χ3v) is 1.91. The van der Waals surface area contributed by atoms with Gasteiger partial charge in [0.2, 0.25) is 0 Å². The minimum atomic E-state index is -0.102. The number of hydrogen-bond acceptors (Lipinski definition) is 3. The van der Waals surface area contributed by atoms with E-state index in [1.165, 1.54) is 0 Å². The molecule has 1 rings (SSSR count). The molecule has 0 aliphatic heterocycles. The molecule has 1 amide bonds. The van der Waals surface area contributed by atoms with Crippen molar-refractivity contribution >= 4 is 5.91 Å². The number of carbonyl (C=O) groups excluding carboxylic acids is 1. The summed E-state index contributed by atoms with van der Waals surface area (Å²) in [4.78, 5) is 11.3. The van der Waals surface area contributed by atoms with Crippen molar-refractivity contribution in [1.82, 2.24) is 15.5 Å². The van der Waals surface area contributed by atoms with Crippen LogP contribution in [0.25, 0.3) is 0 Å². The molecular weight excluding hydrogens is 180 g/mol. The second kappa shape index (κ2) is 6.15. The molecule has 0 aromatic carbocycles. The lowest BCUT2D eigenvalue weighted by atomic mass is 10.2. The summed E-state index contributed by atoms with van der Waals surface area (Å²) in [5.74, 6) is -0.102. The smallest absolute Gasteiger partial charge is 0.269 e. The van der Waals surface area contributed by atoms with Crippen molar-refractivity contribution in [2.45, 2.75) is 19.3 Å². The number of nitrogens with two attached hydrogens (primary N) is 1. The number of nitrogens with one attached hydrogen (secondary N) is 2.